The van der Waals surface area contributed by atoms with Crippen LogP contribution in [-0.4, -0.2) is 11.0 Å². The van der Waals surface area contributed by atoms with Gasteiger partial charge in [0, 0.05) is 12.1 Å². The third kappa shape index (κ3) is 2.09. The zero-order valence-electron chi connectivity index (χ0n) is 6.36. The number of rotatable bonds is 2. The molecule has 2 N–H and O–H groups in total. The Morgan fingerprint density at radius 2 is 2.42 bits per heavy atom. The minimum Gasteiger partial charge on any atom is -0.404 e. The highest BCUT2D eigenvalue weighted by Gasteiger charge is 1.99. The second-order valence-corrected chi connectivity index (χ2v) is 2.03. The fraction of sp³-hybridized carbons (Fsp3) is 0. The average Bonchev–Trinajstić information content (AvgIpc) is 2.04. The predicted molar refractivity (Wildman–Crippen MR) is 44.5 cm³/mol. The first-order chi connectivity index (χ1) is 5.72. The quantitative estimate of drug-likeness (QED) is 0.517. The van der Waals surface area contributed by atoms with Crippen LogP contribution >= 0.6 is 0 Å². The molecule has 4 heteroatoms. The van der Waals surface area contributed by atoms with Crippen molar-refractivity contribution in [3.63, 3.8) is 0 Å². The summed E-state index contributed by atoms with van der Waals surface area (Å²) in [7, 11) is 0. The first-order valence-corrected chi connectivity index (χ1v) is 3.29. The van der Waals surface area contributed by atoms with Crippen molar-refractivity contribution in [2.45, 2.75) is 0 Å². The number of carbonyl (C=O) groups is 1. The van der Waals surface area contributed by atoms with E-state index in [0.29, 0.717) is 5.82 Å². The van der Waals surface area contributed by atoms with Crippen LogP contribution < -0.4 is 10.5 Å². The van der Waals surface area contributed by atoms with Crippen molar-refractivity contribution in [3.8, 4) is 5.88 Å². The summed E-state index contributed by atoms with van der Waals surface area (Å²) in [6, 6.07) is 4.79. The Bertz CT molecular complexity index is 310. The second kappa shape index (κ2) is 3.52. The summed E-state index contributed by atoms with van der Waals surface area (Å²) in [5, 5.41) is 0. The van der Waals surface area contributed by atoms with Gasteiger partial charge in [-0.1, -0.05) is 12.6 Å². The minimum absolute atomic E-state index is 0.180. The van der Waals surface area contributed by atoms with Gasteiger partial charge >= 0.3 is 5.97 Å². The van der Waals surface area contributed by atoms with E-state index in [1.54, 1.807) is 12.1 Å². The smallest absolute Gasteiger partial charge is 0.336 e. The van der Waals surface area contributed by atoms with Crippen LogP contribution in [0.25, 0.3) is 0 Å². The molecule has 0 amide bonds. The maximum absolute atomic E-state index is 10.7. The molecule has 62 valence electrons. The zero-order chi connectivity index (χ0) is 8.97. The lowest BCUT2D eigenvalue weighted by atomic mass is 10.4. The lowest BCUT2D eigenvalue weighted by Gasteiger charge is -1.99. The fourth-order valence-corrected chi connectivity index (χ4v) is 0.632. The van der Waals surface area contributed by atoms with Gasteiger partial charge < -0.3 is 10.5 Å². The molecular weight excluding hydrogens is 156 g/mol. The standard InChI is InChI=1S/C8H8N2O2/c1-2-8(11)12-7-5-3-4-6(9)10-7/h2-5H,1H2,(H2,9,10). The van der Waals surface area contributed by atoms with Crippen molar-refractivity contribution >= 4 is 11.8 Å². The summed E-state index contributed by atoms with van der Waals surface area (Å²) in [5.74, 6) is -0.0580. The molecule has 0 bridgehead atoms. The van der Waals surface area contributed by atoms with Crippen LogP contribution in [0.4, 0.5) is 5.82 Å². The molecule has 1 rings (SSSR count). The second-order valence-electron chi connectivity index (χ2n) is 2.03. The summed E-state index contributed by atoms with van der Waals surface area (Å²) < 4.78 is 4.70. The first kappa shape index (κ1) is 8.26. The number of nitrogen functional groups attached to an aromatic ring is 1. The number of anilines is 1. The Labute approximate surface area is 69.7 Å². The minimum atomic E-state index is -0.548. The molecule has 0 fully saturated rings. The summed E-state index contributed by atoms with van der Waals surface area (Å²) in [6.45, 7) is 3.25. The third-order valence-electron chi connectivity index (χ3n) is 1.12. The molecule has 0 radical (unpaired) electrons. The van der Waals surface area contributed by atoms with Crippen molar-refractivity contribution in [2.24, 2.45) is 0 Å². The van der Waals surface area contributed by atoms with E-state index < -0.39 is 5.97 Å². The molecule has 0 aliphatic rings. The molecular formula is C8H8N2O2. The molecule has 1 heterocycles. The van der Waals surface area contributed by atoms with Crippen LogP contribution in [0.5, 0.6) is 5.88 Å². The van der Waals surface area contributed by atoms with Crippen molar-refractivity contribution in [3.05, 3.63) is 30.9 Å². The number of aromatic nitrogens is 1. The van der Waals surface area contributed by atoms with Crippen molar-refractivity contribution in [1.29, 1.82) is 0 Å². The van der Waals surface area contributed by atoms with Gasteiger partial charge in [0.15, 0.2) is 0 Å². The van der Waals surface area contributed by atoms with Gasteiger partial charge in [0.25, 0.3) is 0 Å². The fourth-order valence-electron chi connectivity index (χ4n) is 0.632. The number of hydrogen-bond donors (Lipinski definition) is 1. The van der Waals surface area contributed by atoms with E-state index >= 15 is 0 Å². The summed E-state index contributed by atoms with van der Waals surface area (Å²) in [6.07, 6.45) is 1.06. The van der Waals surface area contributed by atoms with Crippen LogP contribution in [0.3, 0.4) is 0 Å². The molecule has 0 aliphatic heterocycles. The number of nitrogens with zero attached hydrogens (tertiary/aromatic N) is 1. The average molecular weight is 164 g/mol. The number of hydrogen-bond acceptors (Lipinski definition) is 4. The molecule has 0 saturated carbocycles. The van der Waals surface area contributed by atoms with Gasteiger partial charge in [-0.3, -0.25) is 0 Å². The molecule has 0 spiro atoms. The maximum atomic E-state index is 10.7. The summed E-state index contributed by atoms with van der Waals surface area (Å²) >= 11 is 0. The van der Waals surface area contributed by atoms with E-state index in [1.165, 1.54) is 6.07 Å². The summed E-state index contributed by atoms with van der Waals surface area (Å²) in [4.78, 5) is 14.4. The third-order valence-corrected chi connectivity index (χ3v) is 1.12. The number of carbonyl (C=O) groups excluding carboxylic acids is 1. The molecule has 12 heavy (non-hydrogen) atoms. The van der Waals surface area contributed by atoms with Crippen LogP contribution in [0, 0.1) is 0 Å². The van der Waals surface area contributed by atoms with E-state index in [4.69, 9.17) is 10.5 Å². The van der Waals surface area contributed by atoms with Crippen LogP contribution in [0.15, 0.2) is 30.9 Å². The van der Waals surface area contributed by atoms with E-state index in [0.717, 1.165) is 6.08 Å². The number of ether oxygens (including phenoxy) is 1. The largest absolute Gasteiger partial charge is 0.404 e. The van der Waals surface area contributed by atoms with E-state index in [1.807, 2.05) is 0 Å². The van der Waals surface area contributed by atoms with Gasteiger partial charge in [0.1, 0.15) is 5.82 Å². The maximum Gasteiger partial charge on any atom is 0.336 e. The lowest BCUT2D eigenvalue weighted by molar-refractivity contribution is -0.129. The Hall–Kier alpha value is -1.84. The Kier molecular flexibility index (Phi) is 2.42. The molecule has 4 nitrogen and oxygen atoms in total. The van der Waals surface area contributed by atoms with Gasteiger partial charge in [-0.25, -0.2) is 4.79 Å². The first-order valence-electron chi connectivity index (χ1n) is 3.29. The van der Waals surface area contributed by atoms with Crippen LogP contribution in [-0.2, 0) is 4.79 Å². The number of pyridine rings is 1. The van der Waals surface area contributed by atoms with E-state index in [-0.39, 0.29) is 5.88 Å². The molecule has 1 aromatic rings. The monoisotopic (exact) mass is 164 g/mol. The van der Waals surface area contributed by atoms with E-state index in [2.05, 4.69) is 11.6 Å². The Balaban J connectivity index is 2.76. The Morgan fingerprint density at radius 1 is 1.67 bits per heavy atom. The molecule has 0 aromatic carbocycles. The van der Waals surface area contributed by atoms with Crippen LogP contribution in [0.2, 0.25) is 0 Å². The van der Waals surface area contributed by atoms with Gasteiger partial charge in [0.2, 0.25) is 5.88 Å². The van der Waals surface area contributed by atoms with Crippen molar-refractivity contribution < 1.29 is 9.53 Å². The highest BCUT2D eigenvalue weighted by Crippen LogP contribution is 2.08. The zero-order valence-corrected chi connectivity index (χ0v) is 6.36. The predicted octanol–water partition coefficient (Wildman–Crippen LogP) is 0.755. The lowest BCUT2D eigenvalue weighted by Crippen LogP contribution is -2.05. The topological polar surface area (TPSA) is 65.2 Å². The number of esters is 1. The van der Waals surface area contributed by atoms with Crippen molar-refractivity contribution in [1.82, 2.24) is 4.98 Å². The highest BCUT2D eigenvalue weighted by atomic mass is 16.5. The highest BCUT2D eigenvalue weighted by molar-refractivity contribution is 5.83. The van der Waals surface area contributed by atoms with E-state index in [9.17, 15) is 4.79 Å². The van der Waals surface area contributed by atoms with Gasteiger partial charge in [-0.15, -0.1) is 0 Å². The van der Waals surface area contributed by atoms with Gasteiger partial charge in [0.05, 0.1) is 0 Å². The molecule has 0 aliphatic carbocycles. The van der Waals surface area contributed by atoms with Crippen molar-refractivity contribution in [2.75, 3.05) is 5.73 Å². The Morgan fingerprint density at radius 3 is 3.00 bits per heavy atom. The van der Waals surface area contributed by atoms with Crippen LogP contribution in [0.1, 0.15) is 0 Å². The summed E-state index contributed by atoms with van der Waals surface area (Å²) in [5.41, 5.74) is 5.35. The van der Waals surface area contributed by atoms with Gasteiger partial charge in [-0.05, 0) is 6.07 Å². The van der Waals surface area contributed by atoms with Gasteiger partial charge in [-0.2, -0.15) is 4.98 Å². The molecule has 1 aromatic heterocycles. The molecule has 0 saturated heterocycles. The molecule has 0 atom stereocenters. The molecule has 0 unspecified atom stereocenters. The SMILES string of the molecule is C=CC(=O)Oc1cccc(N)n1. The normalized spacial score (nSPS) is 9.00. The number of nitrogens with two attached hydrogens (primary N) is 1.